The molecule has 1 aliphatic rings. The highest BCUT2D eigenvalue weighted by atomic mass is 16.5. The topological polar surface area (TPSA) is 21.3 Å². The van der Waals surface area contributed by atoms with Crippen molar-refractivity contribution in [3.8, 4) is 0 Å². The Bertz CT molecular complexity index is 219. The normalized spacial score (nSPS) is 16.8. The lowest BCUT2D eigenvalue weighted by atomic mass is 9.91. The Morgan fingerprint density at radius 1 is 1.06 bits per heavy atom. The molecule has 0 aromatic rings. The van der Waals surface area contributed by atoms with Crippen molar-refractivity contribution in [1.82, 2.24) is 5.32 Å². The highest BCUT2D eigenvalue weighted by Crippen LogP contribution is 2.25. The van der Waals surface area contributed by atoms with Gasteiger partial charge in [-0.15, -0.1) is 0 Å². The van der Waals surface area contributed by atoms with Crippen LogP contribution >= 0.6 is 0 Å². The molecule has 2 heteroatoms. The fourth-order valence-electron chi connectivity index (χ4n) is 1.95. The van der Waals surface area contributed by atoms with Crippen LogP contribution in [0.3, 0.4) is 0 Å². The third kappa shape index (κ3) is 5.51. The van der Waals surface area contributed by atoms with E-state index in [1.807, 2.05) is 0 Å². The van der Waals surface area contributed by atoms with Gasteiger partial charge in [-0.25, -0.2) is 0 Å². The minimum atomic E-state index is 0.0987. The molecule has 2 nitrogen and oxygen atoms in total. The van der Waals surface area contributed by atoms with Crippen molar-refractivity contribution in [2.24, 2.45) is 5.41 Å². The van der Waals surface area contributed by atoms with Gasteiger partial charge in [0.25, 0.3) is 0 Å². The van der Waals surface area contributed by atoms with Crippen LogP contribution in [-0.4, -0.2) is 26.3 Å². The molecule has 0 unspecified atom stereocenters. The molecule has 0 aliphatic heterocycles. The quantitative estimate of drug-likeness (QED) is 0.589. The predicted octanol–water partition coefficient (Wildman–Crippen LogP) is 3.31. The summed E-state index contributed by atoms with van der Waals surface area (Å²) in [6.07, 6.45) is 13.6. The fraction of sp³-hybridized carbons (Fsp3) is 0.733. The molecule has 0 spiro atoms. The standard InChI is InChI=1S/C15H27NO/c1-3-5-11-16-13-15(9-7-8-10-15)14-17-12-6-4-2/h7-10,16H,3-6,11-14H2,1-2H3. The molecular weight excluding hydrogens is 210 g/mol. The monoisotopic (exact) mass is 237 g/mol. The summed E-state index contributed by atoms with van der Waals surface area (Å²) in [4.78, 5) is 0. The molecule has 1 rings (SSSR count). The highest BCUT2D eigenvalue weighted by molar-refractivity contribution is 5.25. The Labute approximate surface area is 106 Å². The average Bonchev–Trinajstić information content (AvgIpc) is 2.80. The summed E-state index contributed by atoms with van der Waals surface area (Å²) in [5.74, 6) is 0. The number of allylic oxidation sites excluding steroid dienone is 2. The molecule has 0 aromatic heterocycles. The van der Waals surface area contributed by atoms with E-state index in [4.69, 9.17) is 4.74 Å². The van der Waals surface area contributed by atoms with Crippen LogP contribution in [-0.2, 0) is 4.74 Å². The second-order valence-electron chi connectivity index (χ2n) is 4.89. The van der Waals surface area contributed by atoms with Gasteiger partial charge in [-0.05, 0) is 19.4 Å². The molecule has 98 valence electrons. The molecule has 0 bridgehead atoms. The minimum absolute atomic E-state index is 0.0987. The summed E-state index contributed by atoms with van der Waals surface area (Å²) in [7, 11) is 0. The lowest BCUT2D eigenvalue weighted by Gasteiger charge is -2.25. The van der Waals surface area contributed by atoms with Gasteiger partial charge in [0.05, 0.1) is 6.61 Å². The average molecular weight is 237 g/mol. The van der Waals surface area contributed by atoms with Gasteiger partial charge in [0.1, 0.15) is 0 Å². The van der Waals surface area contributed by atoms with E-state index < -0.39 is 0 Å². The van der Waals surface area contributed by atoms with Crippen molar-refractivity contribution in [3.05, 3.63) is 24.3 Å². The molecule has 0 amide bonds. The van der Waals surface area contributed by atoms with Gasteiger partial charge in [-0.1, -0.05) is 51.0 Å². The fourth-order valence-corrected chi connectivity index (χ4v) is 1.95. The van der Waals surface area contributed by atoms with Crippen molar-refractivity contribution in [3.63, 3.8) is 0 Å². The number of ether oxygens (including phenoxy) is 1. The van der Waals surface area contributed by atoms with Gasteiger partial charge >= 0.3 is 0 Å². The Morgan fingerprint density at radius 3 is 2.41 bits per heavy atom. The summed E-state index contributed by atoms with van der Waals surface area (Å²) < 4.78 is 5.78. The van der Waals surface area contributed by atoms with Crippen LogP contribution in [0.25, 0.3) is 0 Å². The van der Waals surface area contributed by atoms with Gasteiger partial charge in [0.2, 0.25) is 0 Å². The van der Waals surface area contributed by atoms with Crippen molar-refractivity contribution in [2.75, 3.05) is 26.3 Å². The summed E-state index contributed by atoms with van der Waals surface area (Å²) in [6, 6.07) is 0. The lowest BCUT2D eigenvalue weighted by molar-refractivity contribution is 0.0859. The minimum Gasteiger partial charge on any atom is -0.380 e. The molecule has 0 aromatic carbocycles. The van der Waals surface area contributed by atoms with E-state index in [1.165, 1.54) is 19.3 Å². The predicted molar refractivity (Wildman–Crippen MR) is 74.2 cm³/mol. The van der Waals surface area contributed by atoms with E-state index in [0.717, 1.165) is 32.7 Å². The van der Waals surface area contributed by atoms with Crippen LogP contribution in [0.2, 0.25) is 0 Å². The molecule has 0 fully saturated rings. The number of rotatable bonds is 10. The maximum Gasteiger partial charge on any atom is 0.0604 e. The number of hydrogen-bond acceptors (Lipinski definition) is 2. The van der Waals surface area contributed by atoms with Gasteiger partial charge in [0, 0.05) is 18.6 Å². The molecule has 1 aliphatic carbocycles. The van der Waals surface area contributed by atoms with Crippen LogP contribution in [0.15, 0.2) is 24.3 Å². The number of hydrogen-bond donors (Lipinski definition) is 1. The van der Waals surface area contributed by atoms with Crippen LogP contribution < -0.4 is 5.32 Å². The van der Waals surface area contributed by atoms with E-state index >= 15 is 0 Å². The Morgan fingerprint density at radius 2 is 1.76 bits per heavy atom. The van der Waals surface area contributed by atoms with E-state index in [9.17, 15) is 0 Å². The molecular formula is C15H27NO. The molecule has 1 N–H and O–H groups in total. The van der Waals surface area contributed by atoms with Crippen molar-refractivity contribution in [1.29, 1.82) is 0 Å². The molecule has 0 radical (unpaired) electrons. The first-order valence-electron chi connectivity index (χ1n) is 6.98. The molecule has 0 heterocycles. The van der Waals surface area contributed by atoms with Crippen LogP contribution in [0, 0.1) is 5.41 Å². The van der Waals surface area contributed by atoms with Crippen LogP contribution in [0.4, 0.5) is 0 Å². The summed E-state index contributed by atoms with van der Waals surface area (Å²) in [6.45, 7) is 8.20. The first-order valence-corrected chi connectivity index (χ1v) is 6.98. The largest absolute Gasteiger partial charge is 0.380 e. The van der Waals surface area contributed by atoms with Crippen molar-refractivity contribution >= 4 is 0 Å². The SMILES string of the molecule is CCCCNCC1(COCCCC)C=CC=C1. The van der Waals surface area contributed by atoms with E-state index in [2.05, 4.69) is 43.5 Å². The maximum absolute atomic E-state index is 5.78. The zero-order chi connectivity index (χ0) is 12.4. The second kappa shape index (κ2) is 8.48. The van der Waals surface area contributed by atoms with Crippen LogP contribution in [0.5, 0.6) is 0 Å². The third-order valence-corrected chi connectivity index (χ3v) is 3.14. The molecule has 0 saturated heterocycles. The number of nitrogens with one attached hydrogen (secondary N) is 1. The van der Waals surface area contributed by atoms with Crippen LogP contribution in [0.1, 0.15) is 39.5 Å². The summed E-state index contributed by atoms with van der Waals surface area (Å²) in [5, 5.41) is 3.53. The number of unbranched alkanes of at least 4 members (excludes halogenated alkanes) is 2. The Balaban J connectivity index is 2.25. The van der Waals surface area contributed by atoms with Gasteiger partial charge in [0.15, 0.2) is 0 Å². The molecule has 0 atom stereocenters. The molecule has 17 heavy (non-hydrogen) atoms. The summed E-state index contributed by atoms with van der Waals surface area (Å²) in [5.41, 5.74) is 0.0987. The summed E-state index contributed by atoms with van der Waals surface area (Å²) >= 11 is 0. The Hall–Kier alpha value is -0.600. The first kappa shape index (κ1) is 14.5. The second-order valence-corrected chi connectivity index (χ2v) is 4.89. The van der Waals surface area contributed by atoms with E-state index in [1.54, 1.807) is 0 Å². The first-order chi connectivity index (χ1) is 8.33. The van der Waals surface area contributed by atoms with E-state index in [-0.39, 0.29) is 5.41 Å². The zero-order valence-corrected chi connectivity index (χ0v) is 11.4. The molecule has 0 saturated carbocycles. The Kier molecular flexibility index (Phi) is 7.22. The highest BCUT2D eigenvalue weighted by Gasteiger charge is 2.25. The van der Waals surface area contributed by atoms with Gasteiger partial charge in [-0.3, -0.25) is 0 Å². The zero-order valence-electron chi connectivity index (χ0n) is 11.4. The van der Waals surface area contributed by atoms with E-state index in [0.29, 0.717) is 0 Å². The van der Waals surface area contributed by atoms with Crippen molar-refractivity contribution in [2.45, 2.75) is 39.5 Å². The smallest absolute Gasteiger partial charge is 0.0604 e. The maximum atomic E-state index is 5.78. The lowest BCUT2D eigenvalue weighted by Crippen LogP contribution is -2.35. The third-order valence-electron chi connectivity index (χ3n) is 3.14. The van der Waals surface area contributed by atoms with Gasteiger partial charge < -0.3 is 10.1 Å². The van der Waals surface area contributed by atoms with Crippen molar-refractivity contribution < 1.29 is 4.74 Å². The van der Waals surface area contributed by atoms with Gasteiger partial charge in [-0.2, -0.15) is 0 Å².